The number of alkyl halides is 2. The minimum Gasteiger partial charge on any atom is -0.378 e. The lowest BCUT2D eigenvalue weighted by Gasteiger charge is -2.55. The second kappa shape index (κ2) is 5.84. The minimum atomic E-state index is -1.93. The van der Waals surface area contributed by atoms with Crippen molar-refractivity contribution < 1.29 is 9.59 Å². The van der Waals surface area contributed by atoms with Gasteiger partial charge in [0.25, 0.3) is 0 Å². The molecule has 2 aliphatic carbocycles. The summed E-state index contributed by atoms with van der Waals surface area (Å²) < 4.78 is 0. The fourth-order valence-electron chi connectivity index (χ4n) is 4.01. The summed E-state index contributed by atoms with van der Waals surface area (Å²) in [7, 11) is 3.78. The summed E-state index contributed by atoms with van der Waals surface area (Å²) in [5.74, 6) is -1.38. The number of fused-ring (bicyclic) bond motifs is 1. The first-order valence-corrected chi connectivity index (χ1v) is 8.76. The third-order valence-electron chi connectivity index (χ3n) is 5.38. The number of nitrogens with zero attached hydrogens (tertiary/aromatic N) is 3. The average molecular weight is 388 g/mol. The van der Waals surface area contributed by atoms with E-state index in [1.165, 1.54) is 0 Å². The Morgan fingerprint density at radius 2 is 1.42 bits per heavy atom. The summed E-state index contributed by atoms with van der Waals surface area (Å²) in [5.41, 5.74) is -1.51. The molecule has 5 nitrogen and oxygen atoms in total. The van der Waals surface area contributed by atoms with Crippen molar-refractivity contribution in [2.75, 3.05) is 19.0 Å². The largest absolute Gasteiger partial charge is 0.378 e. The van der Waals surface area contributed by atoms with Crippen LogP contribution in [0.3, 0.4) is 0 Å². The average Bonchev–Trinajstić information content (AvgIpc) is 2.64. The van der Waals surface area contributed by atoms with Gasteiger partial charge in [0.05, 0.1) is 12.1 Å². The SMILES string of the molecule is CC1=C(c2ccc(N(C)C)cc2)[C@]2(C#N)C(=O)C(Cl)C(Cl)C(=O)[C@]12C#N. The Labute approximate surface area is 161 Å². The van der Waals surface area contributed by atoms with Crippen LogP contribution in [0.5, 0.6) is 0 Å². The maximum absolute atomic E-state index is 13.0. The molecule has 0 aromatic heterocycles. The standard InChI is InChI=1S/C19H15Cl2N3O2/c1-10-13(11-4-6-12(7-5-11)24(2)3)19(9-23)17(26)15(21)14(20)16(25)18(10,19)8-22/h4-7,14-15H,1-3H3/t14?,15?,18-,19+/m0/s1. The molecule has 3 rings (SSSR count). The number of anilines is 1. The lowest BCUT2D eigenvalue weighted by atomic mass is 9.41. The van der Waals surface area contributed by atoms with Crippen molar-refractivity contribution in [2.24, 2.45) is 10.8 Å². The number of Topliss-reactive ketones (excluding diaryl/α,β-unsaturated/α-hetero) is 2. The molecule has 1 saturated carbocycles. The number of rotatable bonds is 2. The number of carbonyl (C=O) groups excluding carboxylic acids is 2. The van der Waals surface area contributed by atoms with Crippen LogP contribution in [0.2, 0.25) is 0 Å². The molecule has 0 amide bonds. The van der Waals surface area contributed by atoms with Crippen molar-refractivity contribution in [3.8, 4) is 12.1 Å². The van der Waals surface area contributed by atoms with E-state index in [1.807, 2.05) is 43.3 Å². The van der Waals surface area contributed by atoms with Gasteiger partial charge in [-0.3, -0.25) is 9.59 Å². The van der Waals surface area contributed by atoms with Gasteiger partial charge in [-0.05, 0) is 35.8 Å². The Kier molecular flexibility index (Phi) is 4.15. The van der Waals surface area contributed by atoms with E-state index < -0.39 is 33.2 Å². The summed E-state index contributed by atoms with van der Waals surface area (Å²) in [5, 5.41) is 17.0. The molecule has 0 spiro atoms. The maximum atomic E-state index is 13.0. The van der Waals surface area contributed by atoms with Crippen LogP contribution in [0, 0.1) is 33.5 Å². The zero-order valence-corrected chi connectivity index (χ0v) is 15.9. The monoisotopic (exact) mass is 387 g/mol. The summed E-state index contributed by atoms with van der Waals surface area (Å²) in [6, 6.07) is 11.1. The molecule has 0 heterocycles. The van der Waals surface area contributed by atoms with E-state index in [2.05, 4.69) is 0 Å². The second-order valence-electron chi connectivity index (χ2n) is 6.70. The zero-order chi connectivity index (χ0) is 19.4. The van der Waals surface area contributed by atoms with Crippen LogP contribution < -0.4 is 4.90 Å². The number of carbonyl (C=O) groups is 2. The highest BCUT2D eigenvalue weighted by molar-refractivity contribution is 6.48. The Bertz CT molecular complexity index is 939. The molecule has 1 fully saturated rings. The summed E-state index contributed by atoms with van der Waals surface area (Å²) in [4.78, 5) is 27.7. The Hall–Kier alpha value is -2.34. The van der Waals surface area contributed by atoms with Gasteiger partial charge >= 0.3 is 0 Å². The first kappa shape index (κ1) is 18.5. The van der Waals surface area contributed by atoms with Crippen LogP contribution >= 0.6 is 23.2 Å². The van der Waals surface area contributed by atoms with E-state index in [-0.39, 0.29) is 0 Å². The van der Waals surface area contributed by atoms with E-state index >= 15 is 0 Å². The van der Waals surface area contributed by atoms with Gasteiger partial charge in [-0.2, -0.15) is 10.5 Å². The summed E-state index contributed by atoms with van der Waals surface area (Å²) >= 11 is 12.1. The molecule has 0 saturated heterocycles. The molecule has 0 N–H and O–H groups in total. The van der Waals surface area contributed by atoms with E-state index in [4.69, 9.17) is 23.2 Å². The molecule has 0 radical (unpaired) electrons. The molecule has 132 valence electrons. The quantitative estimate of drug-likeness (QED) is 0.728. The lowest BCUT2D eigenvalue weighted by molar-refractivity contribution is -0.142. The van der Waals surface area contributed by atoms with E-state index in [0.717, 1.165) is 5.69 Å². The maximum Gasteiger partial charge on any atom is 0.179 e. The molecule has 26 heavy (non-hydrogen) atoms. The van der Waals surface area contributed by atoms with Gasteiger partial charge < -0.3 is 4.90 Å². The van der Waals surface area contributed by atoms with Crippen molar-refractivity contribution >= 4 is 46.0 Å². The van der Waals surface area contributed by atoms with Gasteiger partial charge in [-0.1, -0.05) is 12.1 Å². The highest BCUT2D eigenvalue weighted by atomic mass is 35.5. The van der Waals surface area contributed by atoms with Gasteiger partial charge in [-0.25, -0.2) is 0 Å². The number of hydrogen-bond donors (Lipinski definition) is 0. The predicted octanol–water partition coefficient (Wildman–Crippen LogP) is 2.93. The third-order valence-corrected chi connectivity index (χ3v) is 6.41. The van der Waals surface area contributed by atoms with Gasteiger partial charge in [0.1, 0.15) is 10.8 Å². The molecule has 0 aliphatic heterocycles. The van der Waals surface area contributed by atoms with E-state index in [0.29, 0.717) is 16.7 Å². The van der Waals surface area contributed by atoms with Crippen LogP contribution in [-0.4, -0.2) is 36.4 Å². The number of allylic oxidation sites excluding steroid dienone is 2. The molecule has 1 aromatic carbocycles. The zero-order valence-electron chi connectivity index (χ0n) is 14.4. The molecule has 0 bridgehead atoms. The molecule has 1 aromatic rings. The van der Waals surface area contributed by atoms with Gasteiger partial charge in [-0.15, -0.1) is 23.2 Å². The van der Waals surface area contributed by atoms with Crippen molar-refractivity contribution in [1.29, 1.82) is 10.5 Å². The van der Waals surface area contributed by atoms with Crippen molar-refractivity contribution in [1.82, 2.24) is 0 Å². The van der Waals surface area contributed by atoms with E-state index in [1.54, 1.807) is 19.1 Å². The minimum absolute atomic E-state index is 0.374. The first-order valence-electron chi connectivity index (χ1n) is 7.89. The highest BCUT2D eigenvalue weighted by Gasteiger charge is 2.77. The second-order valence-corrected chi connectivity index (χ2v) is 7.64. The van der Waals surface area contributed by atoms with Crippen molar-refractivity contribution in [3.63, 3.8) is 0 Å². The van der Waals surface area contributed by atoms with Crippen LogP contribution in [0.25, 0.3) is 5.57 Å². The molecular formula is C19H15Cl2N3O2. The summed E-state index contributed by atoms with van der Waals surface area (Å²) in [6.45, 7) is 1.59. The van der Waals surface area contributed by atoms with Crippen molar-refractivity contribution in [2.45, 2.75) is 17.7 Å². The predicted molar refractivity (Wildman–Crippen MR) is 98.8 cm³/mol. The van der Waals surface area contributed by atoms with Crippen molar-refractivity contribution in [3.05, 3.63) is 35.4 Å². The summed E-state index contributed by atoms with van der Waals surface area (Å²) in [6.07, 6.45) is 0. The normalized spacial score (nSPS) is 33.0. The van der Waals surface area contributed by atoms with Crippen LogP contribution in [-0.2, 0) is 9.59 Å². The molecule has 4 atom stereocenters. The number of halogens is 2. The topological polar surface area (TPSA) is 85.0 Å². The Balaban J connectivity index is 2.28. The van der Waals surface area contributed by atoms with Gasteiger partial charge in [0, 0.05) is 19.8 Å². The highest BCUT2D eigenvalue weighted by Crippen LogP contribution is 2.68. The Morgan fingerprint density at radius 1 is 0.962 bits per heavy atom. The van der Waals surface area contributed by atoms with Crippen LogP contribution in [0.4, 0.5) is 5.69 Å². The lowest BCUT2D eigenvalue weighted by Crippen LogP contribution is -2.68. The van der Waals surface area contributed by atoms with Crippen LogP contribution in [0.15, 0.2) is 29.8 Å². The van der Waals surface area contributed by atoms with Gasteiger partial charge in [0.15, 0.2) is 22.4 Å². The third kappa shape index (κ3) is 1.85. The first-order chi connectivity index (χ1) is 12.2. The number of benzene rings is 1. The van der Waals surface area contributed by atoms with Crippen LogP contribution in [0.1, 0.15) is 12.5 Å². The molecule has 2 aliphatic rings. The molecular weight excluding hydrogens is 373 g/mol. The van der Waals surface area contributed by atoms with Gasteiger partial charge in [0.2, 0.25) is 0 Å². The fourth-order valence-corrected chi connectivity index (χ4v) is 4.57. The smallest absolute Gasteiger partial charge is 0.179 e. The number of ketones is 2. The molecule has 7 heteroatoms. The Morgan fingerprint density at radius 3 is 1.85 bits per heavy atom. The number of hydrogen-bond acceptors (Lipinski definition) is 5. The fraction of sp³-hybridized carbons (Fsp3) is 0.368. The molecule has 2 unspecified atom stereocenters. The van der Waals surface area contributed by atoms with E-state index in [9.17, 15) is 20.1 Å². The number of nitriles is 2.